The molecule has 33 heavy (non-hydrogen) atoms. The zero-order chi connectivity index (χ0) is 24.5. The van der Waals surface area contributed by atoms with Crippen molar-refractivity contribution in [2.24, 2.45) is 0 Å². The molecule has 0 aliphatic carbocycles. The van der Waals surface area contributed by atoms with Crippen LogP contribution in [0, 0.1) is 0 Å². The van der Waals surface area contributed by atoms with Gasteiger partial charge in [-0.3, -0.25) is 14.5 Å². The van der Waals surface area contributed by atoms with Crippen molar-refractivity contribution in [2.45, 2.75) is 26.4 Å². The van der Waals surface area contributed by atoms with E-state index in [1.807, 2.05) is 0 Å². The van der Waals surface area contributed by atoms with E-state index >= 15 is 0 Å². The van der Waals surface area contributed by atoms with E-state index in [9.17, 15) is 14.4 Å². The molecule has 3 amide bonds. The number of rotatable bonds is 3. The summed E-state index contributed by atoms with van der Waals surface area (Å²) < 4.78 is 5.64. The molecule has 2 heterocycles. The maximum absolute atomic E-state index is 12.9. The summed E-state index contributed by atoms with van der Waals surface area (Å²) in [6, 6.07) is 3.15. The van der Waals surface area contributed by atoms with Gasteiger partial charge in [0, 0.05) is 36.8 Å². The predicted octanol–water partition coefficient (Wildman–Crippen LogP) is 4.93. The molecular weight excluding hydrogens is 529 g/mol. The summed E-state index contributed by atoms with van der Waals surface area (Å²) in [7, 11) is 0. The number of hydrogen-bond acceptors (Lipinski definition) is 6. The maximum atomic E-state index is 12.9. The van der Waals surface area contributed by atoms with E-state index in [4.69, 9.17) is 51.8 Å². The van der Waals surface area contributed by atoms with Gasteiger partial charge in [-0.15, -0.1) is 0 Å². The highest BCUT2D eigenvalue weighted by Crippen LogP contribution is 2.38. The number of halogens is 3. The lowest BCUT2D eigenvalue weighted by atomic mass is 10.2. The van der Waals surface area contributed by atoms with Crippen LogP contribution in [0.25, 0.3) is 6.08 Å². The van der Waals surface area contributed by atoms with Crippen molar-refractivity contribution in [3.63, 3.8) is 0 Å². The van der Waals surface area contributed by atoms with Crippen LogP contribution in [0.3, 0.4) is 0 Å². The summed E-state index contributed by atoms with van der Waals surface area (Å²) in [6.07, 6.45) is 1.12. The molecule has 0 radical (unpaired) electrons. The van der Waals surface area contributed by atoms with Gasteiger partial charge in [0.15, 0.2) is 0 Å². The van der Waals surface area contributed by atoms with E-state index in [1.165, 1.54) is 11.0 Å². The number of thiocarbonyl (C=S) groups is 1. The van der Waals surface area contributed by atoms with Crippen molar-refractivity contribution in [1.82, 2.24) is 14.7 Å². The van der Waals surface area contributed by atoms with E-state index in [-0.39, 0.29) is 21.8 Å². The predicted molar refractivity (Wildman–Crippen MR) is 136 cm³/mol. The first-order valence-electron chi connectivity index (χ1n) is 10.0. The number of piperazine rings is 1. The molecule has 178 valence electrons. The van der Waals surface area contributed by atoms with Crippen LogP contribution < -0.4 is 0 Å². The summed E-state index contributed by atoms with van der Waals surface area (Å²) in [5.74, 6) is -0.659. The number of nitrogens with zero attached hydrogens (tertiary/aromatic N) is 3. The van der Waals surface area contributed by atoms with Gasteiger partial charge in [-0.25, -0.2) is 4.79 Å². The normalized spacial score (nSPS) is 18.4. The first kappa shape index (κ1) is 26.1. The minimum absolute atomic E-state index is 0.189. The zero-order valence-electron chi connectivity index (χ0n) is 18.2. The van der Waals surface area contributed by atoms with Crippen molar-refractivity contribution < 1.29 is 19.1 Å². The topological polar surface area (TPSA) is 70.2 Å². The Bertz CT molecular complexity index is 1030. The summed E-state index contributed by atoms with van der Waals surface area (Å²) >= 11 is 24.9. The third kappa shape index (κ3) is 6.33. The molecule has 1 aromatic rings. The van der Waals surface area contributed by atoms with Crippen LogP contribution in [-0.2, 0) is 14.3 Å². The molecule has 0 unspecified atom stereocenters. The van der Waals surface area contributed by atoms with Gasteiger partial charge in [0.25, 0.3) is 5.91 Å². The Kier molecular flexibility index (Phi) is 8.22. The van der Waals surface area contributed by atoms with Gasteiger partial charge in [-0.05, 0) is 39.0 Å². The quantitative estimate of drug-likeness (QED) is 0.302. The van der Waals surface area contributed by atoms with Gasteiger partial charge >= 0.3 is 6.09 Å². The highest BCUT2D eigenvalue weighted by molar-refractivity contribution is 8.26. The maximum Gasteiger partial charge on any atom is 0.410 e. The standard InChI is InChI=1S/C21H22Cl3N3O4S2/c1-21(2,3)31-19(30)26-8-6-25(7-9-26)16(28)11-27-18(29)15(33-20(27)32)10-12-13(22)4-5-14(23)17(12)24/h4-5,10H,6-9,11H2,1-3H3/b15-10-. The molecule has 0 N–H and O–H groups in total. The van der Waals surface area contributed by atoms with Crippen LogP contribution in [0.15, 0.2) is 17.0 Å². The van der Waals surface area contributed by atoms with Crippen LogP contribution in [0.5, 0.6) is 0 Å². The fourth-order valence-corrected chi connectivity index (χ4v) is 5.02. The molecule has 0 bridgehead atoms. The average Bonchev–Trinajstić information content (AvgIpc) is 3.00. The molecule has 7 nitrogen and oxygen atoms in total. The van der Waals surface area contributed by atoms with Crippen LogP contribution in [0.2, 0.25) is 15.1 Å². The van der Waals surface area contributed by atoms with E-state index in [1.54, 1.807) is 42.7 Å². The monoisotopic (exact) mass is 549 g/mol. The smallest absolute Gasteiger partial charge is 0.410 e. The van der Waals surface area contributed by atoms with Crippen LogP contribution in [0.4, 0.5) is 4.79 Å². The molecule has 2 saturated heterocycles. The van der Waals surface area contributed by atoms with Crippen LogP contribution in [-0.4, -0.2) is 75.3 Å². The molecule has 0 atom stereocenters. The van der Waals surface area contributed by atoms with Gasteiger partial charge in [-0.2, -0.15) is 0 Å². The minimum Gasteiger partial charge on any atom is -0.444 e. The van der Waals surface area contributed by atoms with Crippen LogP contribution >= 0.6 is 58.8 Å². The third-order valence-corrected chi connectivity index (χ3v) is 7.33. The van der Waals surface area contributed by atoms with E-state index in [0.29, 0.717) is 46.7 Å². The second-order valence-electron chi connectivity index (χ2n) is 8.37. The fraction of sp³-hybridized carbons (Fsp3) is 0.429. The molecular formula is C21H22Cl3N3O4S2. The highest BCUT2D eigenvalue weighted by Gasteiger charge is 2.36. The molecule has 12 heteroatoms. The summed E-state index contributed by atoms with van der Waals surface area (Å²) in [5.41, 5.74) is -0.172. The molecule has 0 saturated carbocycles. The van der Waals surface area contributed by atoms with Crippen molar-refractivity contribution in [1.29, 1.82) is 0 Å². The Morgan fingerprint density at radius 3 is 2.27 bits per heavy atom. The lowest BCUT2D eigenvalue weighted by molar-refractivity contribution is -0.136. The number of carbonyl (C=O) groups excluding carboxylic acids is 3. The summed E-state index contributed by atoms with van der Waals surface area (Å²) in [4.78, 5) is 42.7. The third-order valence-electron chi connectivity index (χ3n) is 4.81. The van der Waals surface area contributed by atoms with E-state index in [2.05, 4.69) is 0 Å². The minimum atomic E-state index is -0.585. The number of amides is 3. The largest absolute Gasteiger partial charge is 0.444 e. The molecule has 2 aliphatic rings. The average molecular weight is 551 g/mol. The van der Waals surface area contributed by atoms with E-state index in [0.717, 1.165) is 11.8 Å². The van der Waals surface area contributed by atoms with Crippen molar-refractivity contribution in [3.8, 4) is 0 Å². The summed E-state index contributed by atoms with van der Waals surface area (Å²) in [5, 5.41) is 0.880. The fourth-order valence-electron chi connectivity index (χ4n) is 3.14. The Morgan fingerprint density at radius 1 is 1.09 bits per heavy atom. The Hall–Kier alpha value is -1.52. The Labute approximate surface area is 216 Å². The lowest BCUT2D eigenvalue weighted by Gasteiger charge is -2.36. The number of hydrogen-bond donors (Lipinski definition) is 0. The zero-order valence-corrected chi connectivity index (χ0v) is 22.1. The van der Waals surface area contributed by atoms with Crippen molar-refractivity contribution in [2.75, 3.05) is 32.7 Å². The van der Waals surface area contributed by atoms with E-state index < -0.39 is 17.6 Å². The molecule has 2 fully saturated rings. The SMILES string of the molecule is CC(C)(C)OC(=O)N1CCN(C(=O)CN2C(=O)/C(=C/c3c(Cl)ccc(Cl)c3Cl)SC2=S)CC1. The van der Waals surface area contributed by atoms with Crippen molar-refractivity contribution >= 4 is 87.1 Å². The first-order valence-corrected chi connectivity index (χ1v) is 12.4. The number of thioether (sulfide) groups is 1. The summed E-state index contributed by atoms with van der Waals surface area (Å²) in [6.45, 7) is 6.61. The highest BCUT2D eigenvalue weighted by atomic mass is 35.5. The van der Waals surface area contributed by atoms with Crippen molar-refractivity contribution in [3.05, 3.63) is 37.7 Å². The Morgan fingerprint density at radius 2 is 1.67 bits per heavy atom. The number of carbonyl (C=O) groups is 3. The van der Waals surface area contributed by atoms with Gasteiger partial charge in [0.1, 0.15) is 16.5 Å². The first-order chi connectivity index (χ1) is 15.4. The second kappa shape index (κ2) is 10.4. The molecule has 1 aromatic carbocycles. The van der Waals surface area contributed by atoms with Gasteiger partial charge < -0.3 is 14.5 Å². The second-order valence-corrected chi connectivity index (χ2v) is 11.2. The number of benzene rings is 1. The Balaban J connectivity index is 1.62. The van der Waals surface area contributed by atoms with Gasteiger partial charge in [0.05, 0.1) is 15.0 Å². The van der Waals surface area contributed by atoms with Gasteiger partial charge in [-0.1, -0.05) is 58.8 Å². The number of ether oxygens (including phenoxy) is 1. The lowest BCUT2D eigenvalue weighted by Crippen LogP contribution is -2.53. The van der Waals surface area contributed by atoms with Gasteiger partial charge in [0.2, 0.25) is 5.91 Å². The molecule has 0 aromatic heterocycles. The molecule has 2 aliphatic heterocycles. The van der Waals surface area contributed by atoms with Crippen LogP contribution in [0.1, 0.15) is 26.3 Å². The molecule has 3 rings (SSSR count). The molecule has 0 spiro atoms.